The molecule has 0 radical (unpaired) electrons. The molecule has 0 atom stereocenters. The molecule has 0 bridgehead atoms. The number of nitrogens with one attached hydrogen (secondary N) is 1. The molecule has 1 N–H and O–H groups in total. The summed E-state index contributed by atoms with van der Waals surface area (Å²) in [7, 11) is 1.55. The van der Waals surface area contributed by atoms with Crippen LogP contribution < -0.4 is 15.0 Å². The molecule has 106 valence electrons. The first-order valence-corrected chi connectivity index (χ1v) is 6.50. The summed E-state index contributed by atoms with van der Waals surface area (Å²) in [5.74, 6) is 1.11. The first-order valence-electron chi connectivity index (χ1n) is 6.50. The molecule has 0 saturated carbocycles. The average Bonchev–Trinajstić information content (AvgIpc) is 2.53. The molecule has 0 aliphatic heterocycles. The third kappa shape index (κ3) is 2.72. The topological polar surface area (TPSA) is 64.2 Å². The van der Waals surface area contributed by atoms with Gasteiger partial charge in [-0.1, -0.05) is 30.3 Å². The highest BCUT2D eigenvalue weighted by atomic mass is 16.5. The molecule has 2 aromatic carbocycles. The van der Waals surface area contributed by atoms with Gasteiger partial charge in [0.25, 0.3) is 5.56 Å². The molecule has 1 aromatic heterocycles. The van der Waals surface area contributed by atoms with Crippen LogP contribution in [0.3, 0.4) is 0 Å². The summed E-state index contributed by atoms with van der Waals surface area (Å²) in [6.45, 7) is 0.430. The molecule has 0 amide bonds. The Hall–Kier alpha value is -2.82. The summed E-state index contributed by atoms with van der Waals surface area (Å²) < 4.78 is 11.1. The van der Waals surface area contributed by atoms with Crippen molar-refractivity contribution in [1.82, 2.24) is 10.2 Å². The Morgan fingerprint density at radius 1 is 1.14 bits per heavy atom. The van der Waals surface area contributed by atoms with Gasteiger partial charge >= 0.3 is 0 Å². The second kappa shape index (κ2) is 5.66. The van der Waals surface area contributed by atoms with Gasteiger partial charge in [0.2, 0.25) is 0 Å². The first kappa shape index (κ1) is 13.2. The van der Waals surface area contributed by atoms with Gasteiger partial charge in [0.15, 0.2) is 11.5 Å². The predicted octanol–water partition coefficient (Wildman–Crippen LogP) is 2.51. The van der Waals surface area contributed by atoms with Crippen molar-refractivity contribution in [3.8, 4) is 11.5 Å². The summed E-state index contributed by atoms with van der Waals surface area (Å²) in [6, 6.07) is 13.3. The summed E-state index contributed by atoms with van der Waals surface area (Å²) in [6.07, 6.45) is 1.59. The highest BCUT2D eigenvalue weighted by Gasteiger charge is 2.09. The van der Waals surface area contributed by atoms with E-state index in [1.165, 1.54) is 0 Å². The van der Waals surface area contributed by atoms with Crippen LogP contribution in [0.2, 0.25) is 0 Å². The van der Waals surface area contributed by atoms with E-state index in [-0.39, 0.29) is 5.56 Å². The smallest absolute Gasteiger partial charge is 0.272 e. The molecular weight excluding hydrogens is 268 g/mol. The first-order chi connectivity index (χ1) is 10.3. The lowest BCUT2D eigenvalue weighted by Crippen LogP contribution is -2.08. The molecule has 3 aromatic rings. The van der Waals surface area contributed by atoms with Gasteiger partial charge in [-0.2, -0.15) is 5.10 Å². The van der Waals surface area contributed by atoms with Crippen LogP contribution in [-0.2, 0) is 6.61 Å². The van der Waals surface area contributed by atoms with Crippen molar-refractivity contribution in [2.45, 2.75) is 6.61 Å². The molecule has 0 fully saturated rings. The summed E-state index contributed by atoms with van der Waals surface area (Å²) in [5.41, 5.74) is 0.809. The molecule has 0 spiro atoms. The Morgan fingerprint density at radius 2 is 1.95 bits per heavy atom. The molecule has 1 heterocycles. The summed E-state index contributed by atoms with van der Waals surface area (Å²) in [4.78, 5) is 11.7. The standard InChI is InChI=1S/C16H14N2O3/c1-20-14-8-13-12(9-17-18-16(13)19)7-15(14)21-10-11-5-3-2-4-6-11/h2-9H,10H2,1H3,(H,18,19). The maximum atomic E-state index is 11.7. The van der Waals surface area contributed by atoms with Crippen LogP contribution in [0.4, 0.5) is 0 Å². The monoisotopic (exact) mass is 282 g/mol. The Kier molecular flexibility index (Phi) is 3.55. The summed E-state index contributed by atoms with van der Waals surface area (Å²) >= 11 is 0. The molecule has 0 aliphatic carbocycles. The van der Waals surface area contributed by atoms with Crippen molar-refractivity contribution >= 4 is 10.8 Å². The SMILES string of the molecule is COc1cc2c(=O)[nH]ncc2cc1OCc1ccccc1. The third-order valence-electron chi connectivity index (χ3n) is 3.19. The van der Waals surface area contributed by atoms with Gasteiger partial charge < -0.3 is 9.47 Å². The average molecular weight is 282 g/mol. The minimum absolute atomic E-state index is 0.250. The Bertz CT molecular complexity index is 813. The molecule has 0 saturated heterocycles. The van der Waals surface area contributed by atoms with Gasteiger partial charge in [-0.25, -0.2) is 5.10 Å². The van der Waals surface area contributed by atoms with E-state index in [2.05, 4.69) is 10.2 Å². The van der Waals surface area contributed by atoms with Crippen molar-refractivity contribution in [2.75, 3.05) is 7.11 Å². The lowest BCUT2D eigenvalue weighted by Gasteiger charge is -2.11. The Morgan fingerprint density at radius 3 is 2.71 bits per heavy atom. The molecule has 3 rings (SSSR count). The zero-order chi connectivity index (χ0) is 14.7. The maximum Gasteiger partial charge on any atom is 0.272 e. The lowest BCUT2D eigenvalue weighted by atomic mass is 10.2. The van der Waals surface area contributed by atoms with Crippen molar-refractivity contribution in [2.24, 2.45) is 0 Å². The Balaban J connectivity index is 1.96. The van der Waals surface area contributed by atoms with Crippen LogP contribution in [0, 0.1) is 0 Å². The van der Waals surface area contributed by atoms with E-state index >= 15 is 0 Å². The van der Waals surface area contributed by atoms with E-state index < -0.39 is 0 Å². The van der Waals surface area contributed by atoms with E-state index in [4.69, 9.17) is 9.47 Å². The minimum atomic E-state index is -0.250. The van der Waals surface area contributed by atoms with E-state index in [9.17, 15) is 4.79 Å². The van der Waals surface area contributed by atoms with Crippen molar-refractivity contribution in [1.29, 1.82) is 0 Å². The van der Waals surface area contributed by atoms with Crippen LogP contribution in [0.25, 0.3) is 10.8 Å². The number of H-pyrrole nitrogens is 1. The second-order valence-electron chi connectivity index (χ2n) is 4.56. The fourth-order valence-corrected chi connectivity index (χ4v) is 2.11. The Labute approximate surface area is 121 Å². The van der Waals surface area contributed by atoms with E-state index in [0.717, 1.165) is 5.56 Å². The van der Waals surface area contributed by atoms with Gasteiger partial charge in [-0.3, -0.25) is 4.79 Å². The highest BCUT2D eigenvalue weighted by Crippen LogP contribution is 2.31. The number of benzene rings is 2. The van der Waals surface area contributed by atoms with Gasteiger partial charge in [-0.15, -0.1) is 0 Å². The molecular formula is C16H14N2O3. The number of rotatable bonds is 4. The molecule has 21 heavy (non-hydrogen) atoms. The predicted molar refractivity (Wildman–Crippen MR) is 79.7 cm³/mol. The van der Waals surface area contributed by atoms with E-state index in [1.54, 1.807) is 25.4 Å². The third-order valence-corrected chi connectivity index (χ3v) is 3.19. The largest absolute Gasteiger partial charge is 0.493 e. The molecule has 5 heteroatoms. The van der Waals surface area contributed by atoms with Gasteiger partial charge in [0.1, 0.15) is 6.61 Å². The second-order valence-corrected chi connectivity index (χ2v) is 4.56. The van der Waals surface area contributed by atoms with Crippen molar-refractivity contribution < 1.29 is 9.47 Å². The number of hydrogen-bond donors (Lipinski definition) is 1. The van der Waals surface area contributed by atoms with Crippen molar-refractivity contribution in [3.05, 3.63) is 64.6 Å². The zero-order valence-corrected chi connectivity index (χ0v) is 11.5. The molecule has 0 aliphatic rings. The van der Waals surface area contributed by atoms with Crippen LogP contribution in [-0.4, -0.2) is 17.3 Å². The number of aromatic nitrogens is 2. The van der Waals surface area contributed by atoms with E-state index in [0.29, 0.717) is 28.9 Å². The van der Waals surface area contributed by atoms with Crippen LogP contribution in [0.5, 0.6) is 11.5 Å². The van der Waals surface area contributed by atoms with Crippen LogP contribution >= 0.6 is 0 Å². The number of aromatic amines is 1. The maximum absolute atomic E-state index is 11.7. The number of methoxy groups -OCH3 is 1. The van der Waals surface area contributed by atoms with Crippen molar-refractivity contribution in [3.63, 3.8) is 0 Å². The number of fused-ring (bicyclic) bond motifs is 1. The van der Waals surface area contributed by atoms with E-state index in [1.807, 2.05) is 30.3 Å². The number of ether oxygens (including phenoxy) is 2. The zero-order valence-electron chi connectivity index (χ0n) is 11.5. The quantitative estimate of drug-likeness (QED) is 0.798. The van der Waals surface area contributed by atoms with Gasteiger partial charge in [0.05, 0.1) is 18.7 Å². The van der Waals surface area contributed by atoms with Gasteiger partial charge in [0, 0.05) is 5.39 Å². The molecule has 5 nitrogen and oxygen atoms in total. The number of nitrogens with zero attached hydrogens (tertiary/aromatic N) is 1. The fraction of sp³-hybridized carbons (Fsp3) is 0.125. The fourth-order valence-electron chi connectivity index (χ4n) is 2.11. The van der Waals surface area contributed by atoms with Crippen LogP contribution in [0.1, 0.15) is 5.56 Å². The normalized spacial score (nSPS) is 10.5. The van der Waals surface area contributed by atoms with Gasteiger partial charge in [-0.05, 0) is 17.7 Å². The van der Waals surface area contributed by atoms with Crippen LogP contribution in [0.15, 0.2) is 53.5 Å². The highest BCUT2D eigenvalue weighted by molar-refractivity contribution is 5.84. The minimum Gasteiger partial charge on any atom is -0.493 e. The lowest BCUT2D eigenvalue weighted by molar-refractivity contribution is 0.285. The number of hydrogen-bond acceptors (Lipinski definition) is 4. The molecule has 0 unspecified atom stereocenters. The summed E-state index contributed by atoms with van der Waals surface area (Å²) in [5, 5.41) is 7.43.